The number of carbonyl (C=O) groups is 2. The SMILES string of the molecule is CC(C)CCCC(=O)CC(c1ccccc1)C(C)C(=O)c1ccccc1. The summed E-state index contributed by atoms with van der Waals surface area (Å²) in [6.07, 6.45) is 3.04. The van der Waals surface area contributed by atoms with Gasteiger partial charge in [0.05, 0.1) is 0 Å². The van der Waals surface area contributed by atoms with Crippen molar-refractivity contribution in [3.63, 3.8) is 0 Å². The quantitative estimate of drug-likeness (QED) is 0.487. The lowest BCUT2D eigenvalue weighted by Gasteiger charge is -2.23. The maximum atomic E-state index is 12.9. The second-order valence-corrected chi connectivity index (χ2v) is 7.57. The van der Waals surface area contributed by atoms with E-state index >= 15 is 0 Å². The number of ketones is 2. The zero-order valence-electron chi connectivity index (χ0n) is 16.2. The largest absolute Gasteiger partial charge is 0.300 e. The van der Waals surface area contributed by atoms with E-state index in [4.69, 9.17) is 0 Å². The second kappa shape index (κ2) is 10.1. The van der Waals surface area contributed by atoms with Crippen LogP contribution in [0.1, 0.15) is 68.3 Å². The first kappa shape index (κ1) is 20.1. The molecule has 0 spiro atoms. The molecule has 2 heteroatoms. The van der Waals surface area contributed by atoms with Crippen molar-refractivity contribution in [1.29, 1.82) is 0 Å². The highest BCUT2D eigenvalue weighted by Crippen LogP contribution is 2.31. The fourth-order valence-electron chi connectivity index (χ4n) is 3.39. The third-order valence-electron chi connectivity index (χ3n) is 4.99. The van der Waals surface area contributed by atoms with E-state index in [1.165, 1.54) is 0 Å². The first-order chi connectivity index (χ1) is 12.5. The lowest BCUT2D eigenvalue weighted by molar-refractivity contribution is -0.119. The standard InChI is InChI=1S/C24H30O2/c1-18(2)11-10-16-22(25)17-23(20-12-6-4-7-13-20)19(3)24(26)21-14-8-5-9-15-21/h4-9,12-15,18-19,23H,10-11,16-17H2,1-3H3. The molecule has 2 rings (SSSR count). The van der Waals surface area contributed by atoms with Gasteiger partial charge < -0.3 is 0 Å². The Labute approximate surface area is 157 Å². The van der Waals surface area contributed by atoms with Crippen molar-refractivity contribution in [2.24, 2.45) is 11.8 Å². The van der Waals surface area contributed by atoms with Crippen molar-refractivity contribution in [2.75, 3.05) is 0 Å². The van der Waals surface area contributed by atoms with Gasteiger partial charge in [-0.1, -0.05) is 87.9 Å². The van der Waals surface area contributed by atoms with Crippen molar-refractivity contribution in [2.45, 2.75) is 52.4 Å². The highest BCUT2D eigenvalue weighted by Gasteiger charge is 2.28. The fourth-order valence-corrected chi connectivity index (χ4v) is 3.39. The maximum absolute atomic E-state index is 12.9. The second-order valence-electron chi connectivity index (χ2n) is 7.57. The smallest absolute Gasteiger partial charge is 0.166 e. The van der Waals surface area contributed by atoms with Crippen molar-refractivity contribution >= 4 is 11.6 Å². The maximum Gasteiger partial charge on any atom is 0.166 e. The van der Waals surface area contributed by atoms with Crippen LogP contribution in [-0.4, -0.2) is 11.6 Å². The van der Waals surface area contributed by atoms with Gasteiger partial charge in [-0.25, -0.2) is 0 Å². The Hall–Kier alpha value is -2.22. The molecule has 0 aromatic heterocycles. The molecular formula is C24H30O2. The Balaban J connectivity index is 2.13. The van der Waals surface area contributed by atoms with E-state index in [-0.39, 0.29) is 23.4 Å². The molecule has 0 aliphatic rings. The Morgan fingerprint density at radius 1 is 0.846 bits per heavy atom. The first-order valence-corrected chi connectivity index (χ1v) is 9.65. The summed E-state index contributed by atoms with van der Waals surface area (Å²) in [6.45, 7) is 6.31. The summed E-state index contributed by atoms with van der Waals surface area (Å²) in [5.41, 5.74) is 1.79. The van der Waals surface area contributed by atoms with Crippen LogP contribution in [-0.2, 0) is 4.79 Å². The number of carbonyl (C=O) groups excluding carboxylic acids is 2. The zero-order chi connectivity index (χ0) is 18.9. The number of hydrogen-bond acceptors (Lipinski definition) is 2. The molecule has 0 bridgehead atoms. The molecule has 0 aliphatic heterocycles. The minimum atomic E-state index is -0.228. The van der Waals surface area contributed by atoms with Gasteiger partial charge in [0, 0.05) is 30.2 Å². The first-order valence-electron chi connectivity index (χ1n) is 9.65. The molecule has 2 aromatic carbocycles. The predicted molar refractivity (Wildman–Crippen MR) is 107 cm³/mol. The fraction of sp³-hybridized carbons (Fsp3) is 0.417. The lowest BCUT2D eigenvalue weighted by Crippen LogP contribution is -2.22. The van der Waals surface area contributed by atoms with E-state index in [0.29, 0.717) is 24.3 Å². The minimum absolute atomic E-state index is 0.0737. The van der Waals surface area contributed by atoms with Gasteiger partial charge >= 0.3 is 0 Å². The average molecular weight is 351 g/mol. The van der Waals surface area contributed by atoms with Crippen LogP contribution in [0.5, 0.6) is 0 Å². The molecule has 2 unspecified atom stereocenters. The van der Waals surface area contributed by atoms with Gasteiger partial charge in [-0.05, 0) is 17.9 Å². The van der Waals surface area contributed by atoms with Crippen LogP contribution < -0.4 is 0 Å². The molecule has 0 aliphatic carbocycles. The van der Waals surface area contributed by atoms with Crippen LogP contribution in [0.2, 0.25) is 0 Å². The Morgan fingerprint density at radius 2 is 1.42 bits per heavy atom. The molecule has 0 N–H and O–H groups in total. The van der Waals surface area contributed by atoms with E-state index in [9.17, 15) is 9.59 Å². The number of benzene rings is 2. The molecule has 26 heavy (non-hydrogen) atoms. The van der Waals surface area contributed by atoms with Gasteiger partial charge in [-0.15, -0.1) is 0 Å². The summed E-state index contributed by atoms with van der Waals surface area (Å²) >= 11 is 0. The van der Waals surface area contributed by atoms with Gasteiger partial charge in [-0.3, -0.25) is 9.59 Å². The topological polar surface area (TPSA) is 34.1 Å². The van der Waals surface area contributed by atoms with E-state index < -0.39 is 0 Å². The average Bonchev–Trinajstić information content (AvgIpc) is 2.66. The zero-order valence-corrected chi connectivity index (χ0v) is 16.2. The third kappa shape index (κ3) is 5.94. The predicted octanol–water partition coefficient (Wildman–Crippen LogP) is 6.07. The summed E-state index contributed by atoms with van der Waals surface area (Å²) in [7, 11) is 0. The van der Waals surface area contributed by atoms with Crippen LogP contribution in [0.3, 0.4) is 0 Å². The Bertz CT molecular complexity index is 689. The van der Waals surface area contributed by atoms with E-state index in [2.05, 4.69) is 13.8 Å². The molecular weight excluding hydrogens is 320 g/mol. The summed E-state index contributed by atoms with van der Waals surface area (Å²) in [4.78, 5) is 25.5. The molecule has 0 saturated heterocycles. The van der Waals surface area contributed by atoms with E-state index in [0.717, 1.165) is 18.4 Å². The van der Waals surface area contributed by atoms with E-state index in [1.807, 2.05) is 67.6 Å². The number of Topliss-reactive ketones (excluding diaryl/α,β-unsaturated/α-hetero) is 2. The van der Waals surface area contributed by atoms with Gasteiger partial charge in [0.15, 0.2) is 5.78 Å². The monoisotopic (exact) mass is 350 g/mol. The molecule has 2 aromatic rings. The third-order valence-corrected chi connectivity index (χ3v) is 4.99. The van der Waals surface area contributed by atoms with Crippen LogP contribution in [0.25, 0.3) is 0 Å². The van der Waals surface area contributed by atoms with Crippen LogP contribution in [0.15, 0.2) is 60.7 Å². The van der Waals surface area contributed by atoms with Gasteiger partial charge in [0.1, 0.15) is 5.78 Å². The molecule has 0 fully saturated rings. The highest BCUT2D eigenvalue weighted by atomic mass is 16.1. The molecule has 0 heterocycles. The van der Waals surface area contributed by atoms with E-state index in [1.54, 1.807) is 0 Å². The summed E-state index contributed by atoms with van der Waals surface area (Å²) < 4.78 is 0. The van der Waals surface area contributed by atoms with Crippen LogP contribution in [0, 0.1) is 11.8 Å². The highest BCUT2D eigenvalue weighted by molar-refractivity contribution is 5.98. The molecule has 138 valence electrons. The normalized spacial score (nSPS) is 13.4. The molecule has 2 nitrogen and oxygen atoms in total. The molecule has 0 radical (unpaired) electrons. The van der Waals surface area contributed by atoms with Crippen LogP contribution >= 0.6 is 0 Å². The van der Waals surface area contributed by atoms with Gasteiger partial charge in [-0.2, -0.15) is 0 Å². The summed E-state index contributed by atoms with van der Waals surface area (Å²) in [5.74, 6) is 0.678. The summed E-state index contributed by atoms with van der Waals surface area (Å²) in [5, 5.41) is 0. The van der Waals surface area contributed by atoms with Gasteiger partial charge in [0.2, 0.25) is 0 Å². The van der Waals surface area contributed by atoms with Crippen molar-refractivity contribution in [3.8, 4) is 0 Å². The van der Waals surface area contributed by atoms with Crippen molar-refractivity contribution < 1.29 is 9.59 Å². The number of rotatable bonds is 10. The number of hydrogen-bond donors (Lipinski definition) is 0. The Kier molecular flexibility index (Phi) is 7.77. The molecule has 0 amide bonds. The lowest BCUT2D eigenvalue weighted by atomic mass is 9.79. The van der Waals surface area contributed by atoms with Crippen molar-refractivity contribution in [1.82, 2.24) is 0 Å². The Morgan fingerprint density at radius 3 is 2.00 bits per heavy atom. The van der Waals surface area contributed by atoms with Gasteiger partial charge in [0.25, 0.3) is 0 Å². The summed E-state index contributed by atoms with van der Waals surface area (Å²) in [6, 6.07) is 19.4. The molecule has 2 atom stereocenters. The minimum Gasteiger partial charge on any atom is -0.300 e. The van der Waals surface area contributed by atoms with Crippen molar-refractivity contribution in [3.05, 3.63) is 71.8 Å². The molecule has 0 saturated carbocycles. The van der Waals surface area contributed by atoms with Crippen LogP contribution in [0.4, 0.5) is 0 Å².